The van der Waals surface area contributed by atoms with Gasteiger partial charge >= 0.3 is 0 Å². The summed E-state index contributed by atoms with van der Waals surface area (Å²) < 4.78 is 5.77. The molecule has 1 N–H and O–H groups in total. The van der Waals surface area contributed by atoms with Crippen LogP contribution in [0.25, 0.3) is 0 Å². The van der Waals surface area contributed by atoms with Crippen LogP contribution in [0, 0.1) is 18.3 Å². The molecule has 31 heavy (non-hydrogen) atoms. The first-order valence-corrected chi connectivity index (χ1v) is 11.2. The summed E-state index contributed by atoms with van der Waals surface area (Å²) in [6.45, 7) is 5.48. The maximum Gasteiger partial charge on any atom is 0.263 e. The molecule has 1 aliphatic carbocycles. The van der Waals surface area contributed by atoms with E-state index in [1.807, 2.05) is 30.0 Å². The number of ether oxygens (including phenoxy) is 1. The average Bonchev–Trinajstić information content (AvgIpc) is 3.45. The Morgan fingerprint density at radius 2 is 2.00 bits per heavy atom. The number of carbonyl (C=O) groups is 2. The number of rotatable bonds is 6. The van der Waals surface area contributed by atoms with Crippen LogP contribution >= 0.6 is 11.6 Å². The van der Waals surface area contributed by atoms with Crippen molar-refractivity contribution in [3.8, 4) is 5.75 Å². The Bertz CT molecular complexity index is 972. The molecule has 1 saturated carbocycles. The summed E-state index contributed by atoms with van der Waals surface area (Å²) in [5.41, 5.74) is 1.86. The second-order valence-corrected chi connectivity index (χ2v) is 9.09. The number of nitrogens with zero attached hydrogens (tertiary/aromatic N) is 2. The normalized spacial score (nSPS) is 20.2. The molecule has 2 amide bonds. The summed E-state index contributed by atoms with van der Waals surface area (Å²) in [5.74, 6) is 0.696. The van der Waals surface area contributed by atoms with Gasteiger partial charge in [0, 0.05) is 29.7 Å². The SMILES string of the molecule is Cc1cccc(CNC(=O)[C@@H]2CC23CCN(C(=O)[C@@H](C)Oc2cccc(Cl)c2)CC3)n1. The topological polar surface area (TPSA) is 71.5 Å². The zero-order valence-electron chi connectivity index (χ0n) is 17.9. The molecule has 7 heteroatoms. The molecule has 2 aliphatic rings. The van der Waals surface area contributed by atoms with Crippen LogP contribution in [0.15, 0.2) is 42.5 Å². The fourth-order valence-electron chi connectivity index (χ4n) is 4.49. The molecule has 164 valence electrons. The van der Waals surface area contributed by atoms with Crippen LogP contribution in [0.2, 0.25) is 5.02 Å². The van der Waals surface area contributed by atoms with Gasteiger partial charge in [-0.1, -0.05) is 23.7 Å². The van der Waals surface area contributed by atoms with E-state index in [0.717, 1.165) is 30.7 Å². The van der Waals surface area contributed by atoms with Gasteiger partial charge in [0.05, 0.1) is 12.2 Å². The van der Waals surface area contributed by atoms with Crippen LogP contribution in [-0.4, -0.2) is 40.9 Å². The largest absolute Gasteiger partial charge is 0.481 e. The van der Waals surface area contributed by atoms with Gasteiger partial charge < -0.3 is 15.0 Å². The van der Waals surface area contributed by atoms with Crippen molar-refractivity contribution in [3.63, 3.8) is 0 Å². The van der Waals surface area contributed by atoms with Gasteiger partial charge in [-0.05, 0) is 68.9 Å². The predicted octanol–water partition coefficient (Wildman–Crippen LogP) is 3.76. The molecule has 0 bridgehead atoms. The number of halogens is 1. The third-order valence-corrected chi connectivity index (χ3v) is 6.66. The molecule has 2 aromatic rings. The number of benzene rings is 1. The van der Waals surface area contributed by atoms with Crippen molar-refractivity contribution in [2.24, 2.45) is 11.3 Å². The molecule has 1 aromatic heterocycles. The highest BCUT2D eigenvalue weighted by Gasteiger charge is 2.58. The van der Waals surface area contributed by atoms with Crippen molar-refractivity contribution >= 4 is 23.4 Å². The Kier molecular flexibility index (Phi) is 6.19. The van der Waals surface area contributed by atoms with Gasteiger partial charge in [-0.3, -0.25) is 14.6 Å². The number of hydrogen-bond donors (Lipinski definition) is 1. The minimum Gasteiger partial charge on any atom is -0.481 e. The molecule has 1 aliphatic heterocycles. The summed E-state index contributed by atoms with van der Waals surface area (Å²) in [4.78, 5) is 31.7. The molecule has 1 spiro atoms. The second-order valence-electron chi connectivity index (χ2n) is 8.65. The minimum absolute atomic E-state index is 0.0259. The highest BCUT2D eigenvalue weighted by molar-refractivity contribution is 6.30. The molecule has 2 fully saturated rings. The van der Waals surface area contributed by atoms with Crippen LogP contribution < -0.4 is 10.1 Å². The van der Waals surface area contributed by atoms with Crippen LogP contribution in [0.1, 0.15) is 37.6 Å². The molecule has 2 heterocycles. The second kappa shape index (κ2) is 8.87. The number of likely N-dealkylation sites (tertiary alicyclic amines) is 1. The van der Waals surface area contributed by atoms with E-state index in [2.05, 4.69) is 10.3 Å². The zero-order chi connectivity index (χ0) is 22.0. The summed E-state index contributed by atoms with van der Waals surface area (Å²) >= 11 is 5.99. The van der Waals surface area contributed by atoms with Gasteiger partial charge in [-0.25, -0.2) is 0 Å². The Morgan fingerprint density at radius 1 is 1.26 bits per heavy atom. The predicted molar refractivity (Wildman–Crippen MR) is 119 cm³/mol. The van der Waals surface area contributed by atoms with Crippen LogP contribution in [0.3, 0.4) is 0 Å². The van der Waals surface area contributed by atoms with Gasteiger partial charge in [0.2, 0.25) is 5.91 Å². The standard InChI is InChI=1S/C24H28ClN3O3/c1-16-5-3-7-19(27-16)15-26-22(29)21-14-24(21)9-11-28(12-10-24)23(30)17(2)31-20-8-4-6-18(25)13-20/h3-8,13,17,21H,9-12,14-15H2,1-2H3,(H,26,29)/t17-,21+/m1/s1. The number of aromatic nitrogens is 1. The lowest BCUT2D eigenvalue weighted by molar-refractivity contribution is -0.139. The Balaban J connectivity index is 1.25. The van der Waals surface area contributed by atoms with Gasteiger partial charge in [0.1, 0.15) is 5.75 Å². The number of pyridine rings is 1. The molecular weight excluding hydrogens is 414 g/mol. The number of hydrogen-bond acceptors (Lipinski definition) is 4. The Morgan fingerprint density at radius 3 is 2.71 bits per heavy atom. The maximum atomic E-state index is 12.8. The van der Waals surface area contributed by atoms with Crippen molar-refractivity contribution in [1.82, 2.24) is 15.2 Å². The molecule has 6 nitrogen and oxygen atoms in total. The van der Waals surface area contributed by atoms with Crippen LogP contribution in [0.5, 0.6) is 5.75 Å². The smallest absolute Gasteiger partial charge is 0.263 e. The van der Waals surface area contributed by atoms with Gasteiger partial charge in [0.15, 0.2) is 6.10 Å². The van der Waals surface area contributed by atoms with E-state index in [1.165, 1.54) is 0 Å². The Labute approximate surface area is 187 Å². The average molecular weight is 442 g/mol. The quantitative estimate of drug-likeness (QED) is 0.740. The Hall–Kier alpha value is -2.60. The van der Waals surface area contributed by atoms with E-state index in [1.54, 1.807) is 31.2 Å². The fourth-order valence-corrected chi connectivity index (χ4v) is 4.67. The highest BCUT2D eigenvalue weighted by Crippen LogP contribution is 2.59. The first kappa shape index (κ1) is 21.6. The van der Waals surface area contributed by atoms with Crippen LogP contribution in [0.4, 0.5) is 0 Å². The van der Waals surface area contributed by atoms with Crippen LogP contribution in [-0.2, 0) is 16.1 Å². The summed E-state index contributed by atoms with van der Waals surface area (Å²) in [6.07, 6.45) is 2.02. The molecule has 0 radical (unpaired) electrons. The van der Waals surface area contributed by atoms with Crippen molar-refractivity contribution in [2.75, 3.05) is 13.1 Å². The van der Waals surface area contributed by atoms with Gasteiger partial charge in [0.25, 0.3) is 5.91 Å². The van der Waals surface area contributed by atoms with Crippen molar-refractivity contribution in [3.05, 3.63) is 58.9 Å². The summed E-state index contributed by atoms with van der Waals surface area (Å²) in [6, 6.07) is 12.9. The number of piperidine rings is 1. The van der Waals surface area contributed by atoms with E-state index in [9.17, 15) is 9.59 Å². The highest BCUT2D eigenvalue weighted by atomic mass is 35.5. The third kappa shape index (κ3) is 5.01. The van der Waals surface area contributed by atoms with Crippen molar-refractivity contribution in [2.45, 2.75) is 45.8 Å². The van der Waals surface area contributed by atoms with Crippen molar-refractivity contribution < 1.29 is 14.3 Å². The lowest BCUT2D eigenvalue weighted by atomic mass is 9.90. The molecule has 0 unspecified atom stereocenters. The number of carbonyl (C=O) groups excluding carboxylic acids is 2. The van der Waals surface area contributed by atoms with Gasteiger partial charge in [-0.15, -0.1) is 0 Å². The molecule has 1 saturated heterocycles. The summed E-state index contributed by atoms with van der Waals surface area (Å²) in [5, 5.41) is 3.61. The maximum absolute atomic E-state index is 12.8. The molecule has 1 aromatic carbocycles. The number of amides is 2. The fraction of sp³-hybridized carbons (Fsp3) is 0.458. The van der Waals surface area contributed by atoms with E-state index >= 15 is 0 Å². The third-order valence-electron chi connectivity index (χ3n) is 6.42. The van der Waals surface area contributed by atoms with E-state index in [-0.39, 0.29) is 23.1 Å². The number of aryl methyl sites for hydroxylation is 1. The molecular formula is C24H28ClN3O3. The lowest BCUT2D eigenvalue weighted by Crippen LogP contribution is -2.45. The summed E-state index contributed by atoms with van der Waals surface area (Å²) in [7, 11) is 0. The van der Waals surface area contributed by atoms with E-state index < -0.39 is 6.10 Å². The minimum atomic E-state index is -0.576. The zero-order valence-corrected chi connectivity index (χ0v) is 18.7. The monoisotopic (exact) mass is 441 g/mol. The lowest BCUT2D eigenvalue weighted by Gasteiger charge is -2.34. The van der Waals surface area contributed by atoms with E-state index in [0.29, 0.717) is 30.4 Å². The molecule has 2 atom stereocenters. The number of nitrogens with one attached hydrogen (secondary N) is 1. The first-order valence-electron chi connectivity index (χ1n) is 10.8. The molecule has 4 rings (SSSR count). The first-order chi connectivity index (χ1) is 14.9. The van der Waals surface area contributed by atoms with E-state index in [4.69, 9.17) is 16.3 Å². The van der Waals surface area contributed by atoms with Crippen molar-refractivity contribution in [1.29, 1.82) is 0 Å². The van der Waals surface area contributed by atoms with Gasteiger partial charge in [-0.2, -0.15) is 0 Å².